The van der Waals surface area contributed by atoms with Crippen LogP contribution in [-0.2, 0) is 23.1 Å². The van der Waals surface area contributed by atoms with Crippen molar-refractivity contribution in [3.63, 3.8) is 0 Å². The summed E-state index contributed by atoms with van der Waals surface area (Å²) >= 11 is 2.77. The number of carbonyl (C=O) groups is 2. The van der Waals surface area contributed by atoms with E-state index < -0.39 is 0 Å². The van der Waals surface area contributed by atoms with Crippen LogP contribution in [0.4, 0.5) is 10.8 Å². The van der Waals surface area contributed by atoms with Crippen molar-refractivity contribution in [1.29, 1.82) is 0 Å². The predicted octanol–water partition coefficient (Wildman–Crippen LogP) is 3.97. The smallest absolute Gasteiger partial charge is 0.239 e. The molecule has 10 heteroatoms. The Kier molecular flexibility index (Phi) is 7.80. The van der Waals surface area contributed by atoms with E-state index in [9.17, 15) is 9.59 Å². The van der Waals surface area contributed by atoms with Gasteiger partial charge in [0.25, 0.3) is 0 Å². The first kappa shape index (κ1) is 23.0. The van der Waals surface area contributed by atoms with Gasteiger partial charge < -0.3 is 15.2 Å². The fourth-order valence-electron chi connectivity index (χ4n) is 2.80. The number of thiazole rings is 1. The normalized spacial score (nSPS) is 11.9. The number of nitrogens with one attached hydrogen (secondary N) is 2. The van der Waals surface area contributed by atoms with Gasteiger partial charge in [-0.25, -0.2) is 4.98 Å². The van der Waals surface area contributed by atoms with Crippen molar-refractivity contribution >= 4 is 45.7 Å². The standard InChI is InChI=1S/C21H26N6O2S2/c1-5-16(19(29)24-20-22-14(3)12-30-20)31-21-26-25-17(27(21)4)10-11-18(28)23-15-8-6-13(2)7-9-15/h6-9,12,16H,5,10-11H2,1-4H3,(H,23,28)(H,22,24,29)/t16-/m0/s1. The van der Waals surface area contributed by atoms with Crippen molar-refractivity contribution in [2.45, 2.75) is 50.4 Å². The summed E-state index contributed by atoms with van der Waals surface area (Å²) in [6, 6.07) is 7.68. The zero-order chi connectivity index (χ0) is 22.4. The Morgan fingerprint density at radius 2 is 1.90 bits per heavy atom. The van der Waals surface area contributed by atoms with Crippen LogP contribution < -0.4 is 10.6 Å². The molecule has 0 aliphatic heterocycles. The Morgan fingerprint density at radius 3 is 2.55 bits per heavy atom. The fraction of sp³-hybridized carbons (Fsp3) is 0.381. The molecule has 2 aromatic heterocycles. The van der Waals surface area contributed by atoms with Crippen LogP contribution in [0.25, 0.3) is 0 Å². The molecule has 2 heterocycles. The summed E-state index contributed by atoms with van der Waals surface area (Å²) in [5.74, 6) is 0.516. The summed E-state index contributed by atoms with van der Waals surface area (Å²) in [6.07, 6.45) is 1.40. The van der Waals surface area contributed by atoms with E-state index >= 15 is 0 Å². The maximum atomic E-state index is 12.6. The number of carbonyl (C=O) groups excluding carboxylic acids is 2. The van der Waals surface area contributed by atoms with E-state index in [4.69, 9.17) is 0 Å². The summed E-state index contributed by atoms with van der Waals surface area (Å²) in [5.41, 5.74) is 2.80. The highest BCUT2D eigenvalue weighted by Crippen LogP contribution is 2.26. The van der Waals surface area contributed by atoms with E-state index in [0.29, 0.717) is 35.4 Å². The van der Waals surface area contributed by atoms with Gasteiger partial charge in [0, 0.05) is 31.0 Å². The Balaban J connectivity index is 1.55. The van der Waals surface area contributed by atoms with Crippen LogP contribution in [0.1, 0.15) is 36.8 Å². The molecule has 0 unspecified atom stereocenters. The molecule has 0 saturated carbocycles. The molecule has 0 aliphatic carbocycles. The zero-order valence-electron chi connectivity index (χ0n) is 18.0. The molecule has 8 nitrogen and oxygen atoms in total. The molecule has 0 aliphatic rings. The quantitative estimate of drug-likeness (QED) is 0.471. The lowest BCUT2D eigenvalue weighted by Gasteiger charge is -2.13. The minimum Gasteiger partial charge on any atom is -0.326 e. The molecule has 0 spiro atoms. The highest BCUT2D eigenvalue weighted by Gasteiger charge is 2.22. The van der Waals surface area contributed by atoms with Crippen LogP contribution >= 0.6 is 23.1 Å². The van der Waals surface area contributed by atoms with Crippen molar-refractivity contribution in [2.24, 2.45) is 7.05 Å². The average molecular weight is 459 g/mol. The average Bonchev–Trinajstić information content (AvgIpc) is 3.31. The summed E-state index contributed by atoms with van der Waals surface area (Å²) in [5, 5.41) is 17.0. The maximum Gasteiger partial charge on any atom is 0.239 e. The monoisotopic (exact) mass is 458 g/mol. The van der Waals surface area contributed by atoms with E-state index in [1.54, 1.807) is 0 Å². The SMILES string of the molecule is CC[C@H](Sc1nnc(CCC(=O)Nc2ccc(C)cc2)n1C)C(=O)Nc1nc(C)cs1. The number of hydrogen-bond acceptors (Lipinski definition) is 7. The molecule has 31 heavy (non-hydrogen) atoms. The first-order chi connectivity index (χ1) is 14.9. The molecule has 0 bridgehead atoms. The number of aromatic nitrogens is 4. The first-order valence-electron chi connectivity index (χ1n) is 10.00. The van der Waals surface area contributed by atoms with Crippen molar-refractivity contribution in [2.75, 3.05) is 10.6 Å². The van der Waals surface area contributed by atoms with Gasteiger partial charge in [-0.05, 0) is 32.4 Å². The van der Waals surface area contributed by atoms with Crippen molar-refractivity contribution in [1.82, 2.24) is 19.7 Å². The minimum absolute atomic E-state index is 0.0781. The third kappa shape index (κ3) is 6.38. The number of anilines is 2. The van der Waals surface area contributed by atoms with Crippen molar-refractivity contribution in [3.05, 3.63) is 46.7 Å². The van der Waals surface area contributed by atoms with E-state index in [0.717, 1.165) is 16.9 Å². The molecule has 3 aromatic rings. The largest absolute Gasteiger partial charge is 0.326 e. The highest BCUT2D eigenvalue weighted by atomic mass is 32.2. The Morgan fingerprint density at radius 1 is 1.16 bits per heavy atom. The van der Waals surface area contributed by atoms with Crippen LogP contribution in [-0.4, -0.2) is 36.8 Å². The topological polar surface area (TPSA) is 102 Å². The van der Waals surface area contributed by atoms with E-state index in [1.165, 1.54) is 23.1 Å². The van der Waals surface area contributed by atoms with Gasteiger partial charge in [-0.15, -0.1) is 21.5 Å². The molecule has 164 valence electrons. The summed E-state index contributed by atoms with van der Waals surface area (Å²) in [4.78, 5) is 29.1. The Labute approximate surface area is 189 Å². The molecule has 2 amide bonds. The van der Waals surface area contributed by atoms with Crippen LogP contribution in [0.3, 0.4) is 0 Å². The molecule has 0 fully saturated rings. The lowest BCUT2D eigenvalue weighted by atomic mass is 10.2. The molecule has 0 saturated heterocycles. The predicted molar refractivity (Wildman–Crippen MR) is 125 cm³/mol. The maximum absolute atomic E-state index is 12.6. The Hall–Kier alpha value is -2.72. The van der Waals surface area contributed by atoms with Crippen LogP contribution in [0, 0.1) is 13.8 Å². The lowest BCUT2D eigenvalue weighted by Crippen LogP contribution is -2.25. The summed E-state index contributed by atoms with van der Waals surface area (Å²) in [7, 11) is 1.85. The van der Waals surface area contributed by atoms with E-state index in [2.05, 4.69) is 25.8 Å². The fourth-order valence-corrected chi connectivity index (χ4v) is 4.43. The second-order valence-corrected chi connectivity index (χ2v) is 9.20. The third-order valence-electron chi connectivity index (χ3n) is 4.60. The second-order valence-electron chi connectivity index (χ2n) is 7.17. The number of aryl methyl sites for hydroxylation is 3. The van der Waals surface area contributed by atoms with Gasteiger partial charge in [-0.3, -0.25) is 9.59 Å². The van der Waals surface area contributed by atoms with Gasteiger partial charge in [0.1, 0.15) is 5.82 Å². The lowest BCUT2D eigenvalue weighted by molar-refractivity contribution is -0.116. The molecule has 2 N–H and O–H groups in total. The zero-order valence-corrected chi connectivity index (χ0v) is 19.6. The van der Waals surface area contributed by atoms with Gasteiger partial charge in [0.05, 0.1) is 10.9 Å². The number of amides is 2. The number of benzene rings is 1. The van der Waals surface area contributed by atoms with Crippen LogP contribution in [0.15, 0.2) is 34.8 Å². The van der Waals surface area contributed by atoms with Gasteiger partial charge in [-0.1, -0.05) is 36.4 Å². The molecule has 1 aromatic carbocycles. The van der Waals surface area contributed by atoms with Gasteiger partial charge in [0.2, 0.25) is 11.8 Å². The summed E-state index contributed by atoms with van der Waals surface area (Å²) in [6.45, 7) is 5.85. The van der Waals surface area contributed by atoms with Crippen LogP contribution in [0.2, 0.25) is 0 Å². The van der Waals surface area contributed by atoms with Gasteiger partial charge >= 0.3 is 0 Å². The van der Waals surface area contributed by atoms with Gasteiger partial charge in [0.15, 0.2) is 10.3 Å². The highest BCUT2D eigenvalue weighted by molar-refractivity contribution is 8.00. The van der Waals surface area contributed by atoms with Crippen molar-refractivity contribution in [3.8, 4) is 0 Å². The van der Waals surface area contributed by atoms with E-state index in [1.807, 2.05) is 62.0 Å². The Bertz CT molecular complexity index is 1040. The number of thioether (sulfide) groups is 1. The number of hydrogen-bond donors (Lipinski definition) is 2. The van der Waals surface area contributed by atoms with Crippen LogP contribution in [0.5, 0.6) is 0 Å². The number of nitrogens with zero attached hydrogens (tertiary/aromatic N) is 4. The molecule has 1 atom stereocenters. The molecular formula is C21H26N6O2S2. The van der Waals surface area contributed by atoms with Crippen molar-refractivity contribution < 1.29 is 9.59 Å². The van der Waals surface area contributed by atoms with Gasteiger partial charge in [-0.2, -0.15) is 0 Å². The third-order valence-corrected chi connectivity index (χ3v) is 6.87. The minimum atomic E-state index is -0.315. The second kappa shape index (κ2) is 10.5. The molecule has 3 rings (SSSR count). The molecular weight excluding hydrogens is 432 g/mol. The number of rotatable bonds is 9. The van der Waals surface area contributed by atoms with E-state index in [-0.39, 0.29) is 17.1 Å². The first-order valence-corrected chi connectivity index (χ1v) is 11.8. The summed E-state index contributed by atoms with van der Waals surface area (Å²) < 4.78 is 1.84. The molecule has 0 radical (unpaired) electrons.